The minimum Gasteiger partial charge on any atom is -0.349 e. The van der Waals surface area contributed by atoms with E-state index < -0.39 is 0 Å². The third-order valence-electron chi connectivity index (χ3n) is 6.17. The van der Waals surface area contributed by atoms with Crippen LogP contribution in [0, 0.1) is 23.7 Å². The van der Waals surface area contributed by atoms with Crippen LogP contribution in [0.1, 0.15) is 56.1 Å². The van der Waals surface area contributed by atoms with Crippen LogP contribution >= 0.6 is 0 Å². The van der Waals surface area contributed by atoms with Gasteiger partial charge in [-0.2, -0.15) is 5.10 Å². The number of nitrogens with zero attached hydrogens (tertiary/aromatic N) is 1. The molecule has 1 aromatic heterocycles. The predicted molar refractivity (Wildman–Crippen MR) is 73.8 cm³/mol. The highest BCUT2D eigenvalue weighted by Gasteiger charge is 2.61. The molecule has 3 rings (SSSR count). The summed E-state index contributed by atoms with van der Waals surface area (Å²) >= 11 is 0. The first kappa shape index (κ1) is 12.7. The lowest BCUT2D eigenvalue weighted by molar-refractivity contribution is 0.0825. The summed E-state index contributed by atoms with van der Waals surface area (Å²) in [4.78, 5) is 12.3. The molecule has 1 aromatic rings. The fraction of sp³-hybridized carbons (Fsp3) is 0.733. The van der Waals surface area contributed by atoms with Gasteiger partial charge in [0.15, 0.2) is 0 Å². The molecule has 0 radical (unpaired) electrons. The van der Waals surface area contributed by atoms with E-state index in [9.17, 15) is 4.79 Å². The molecule has 1 heterocycles. The molecule has 0 aliphatic heterocycles. The van der Waals surface area contributed by atoms with Gasteiger partial charge in [-0.1, -0.05) is 20.8 Å². The van der Waals surface area contributed by atoms with Crippen molar-refractivity contribution in [3.8, 4) is 0 Å². The molecule has 0 saturated heterocycles. The van der Waals surface area contributed by atoms with Crippen molar-refractivity contribution in [2.24, 2.45) is 16.7 Å². The molecular weight excluding hydrogens is 238 g/mol. The number of nitrogens with one attached hydrogen (secondary N) is 2. The highest BCUT2D eigenvalue weighted by Crippen LogP contribution is 2.65. The van der Waals surface area contributed by atoms with Gasteiger partial charge in [-0.05, 0) is 42.9 Å². The first-order chi connectivity index (χ1) is 8.86. The Morgan fingerprint density at radius 1 is 1.47 bits per heavy atom. The van der Waals surface area contributed by atoms with Crippen molar-refractivity contribution in [2.45, 2.75) is 53.0 Å². The molecule has 2 aliphatic carbocycles. The number of aromatic amines is 1. The number of carbonyl (C=O) groups is 1. The summed E-state index contributed by atoms with van der Waals surface area (Å²) in [5, 5.41) is 10.00. The van der Waals surface area contributed by atoms with E-state index in [0.717, 1.165) is 18.0 Å². The van der Waals surface area contributed by atoms with Gasteiger partial charge in [0.2, 0.25) is 0 Å². The fourth-order valence-corrected chi connectivity index (χ4v) is 4.24. The lowest BCUT2D eigenvalue weighted by Gasteiger charge is -2.39. The van der Waals surface area contributed by atoms with Crippen molar-refractivity contribution in [3.63, 3.8) is 0 Å². The molecule has 2 bridgehead atoms. The number of H-pyrrole nitrogens is 1. The molecule has 3 unspecified atom stereocenters. The molecule has 3 atom stereocenters. The van der Waals surface area contributed by atoms with E-state index in [1.54, 1.807) is 6.20 Å². The highest BCUT2D eigenvalue weighted by atomic mass is 16.1. The lowest BCUT2D eigenvalue weighted by Crippen LogP contribution is -2.46. The molecule has 2 saturated carbocycles. The lowest BCUT2D eigenvalue weighted by atomic mass is 9.69. The zero-order valence-electron chi connectivity index (χ0n) is 12.2. The van der Waals surface area contributed by atoms with E-state index in [2.05, 4.69) is 36.3 Å². The summed E-state index contributed by atoms with van der Waals surface area (Å²) in [6.07, 6.45) is 5.26. The quantitative estimate of drug-likeness (QED) is 0.860. The van der Waals surface area contributed by atoms with Gasteiger partial charge in [0, 0.05) is 11.7 Å². The second-order valence-electron chi connectivity index (χ2n) is 7.05. The Labute approximate surface area is 114 Å². The molecular formula is C15H23N3O. The molecule has 104 valence electrons. The van der Waals surface area contributed by atoms with Crippen LogP contribution in [0.2, 0.25) is 0 Å². The molecule has 0 aromatic carbocycles. The van der Waals surface area contributed by atoms with Crippen molar-refractivity contribution < 1.29 is 4.79 Å². The summed E-state index contributed by atoms with van der Waals surface area (Å²) in [6, 6.07) is 0.294. The second kappa shape index (κ2) is 3.84. The fourth-order valence-electron chi connectivity index (χ4n) is 4.24. The standard InChI is InChI=1S/C15H23N3O/c1-9-11(8-16-18-9)13(19)17-12-7-10-5-6-15(12,4)14(10,2)3/h8,10,12H,5-7H2,1-4H3,(H,16,18)(H,17,19). The number of hydrogen-bond donors (Lipinski definition) is 2. The van der Waals surface area contributed by atoms with E-state index in [4.69, 9.17) is 0 Å². The van der Waals surface area contributed by atoms with Crippen LogP contribution in [0.15, 0.2) is 6.20 Å². The maximum absolute atomic E-state index is 12.3. The SMILES string of the molecule is Cc1[nH]ncc1C(=O)NC1CC2CCC1(C)C2(C)C. The van der Waals surface area contributed by atoms with E-state index in [1.165, 1.54) is 12.8 Å². The first-order valence-corrected chi connectivity index (χ1v) is 7.17. The summed E-state index contributed by atoms with van der Waals surface area (Å²) < 4.78 is 0. The van der Waals surface area contributed by atoms with Crippen LogP contribution in [0.25, 0.3) is 0 Å². The Balaban J connectivity index is 1.79. The van der Waals surface area contributed by atoms with Gasteiger partial charge in [-0.3, -0.25) is 9.89 Å². The minimum absolute atomic E-state index is 0.0147. The highest BCUT2D eigenvalue weighted by molar-refractivity contribution is 5.95. The molecule has 2 aliphatic rings. The van der Waals surface area contributed by atoms with E-state index >= 15 is 0 Å². The Bertz CT molecular complexity index is 519. The van der Waals surface area contributed by atoms with Gasteiger partial charge < -0.3 is 5.32 Å². The smallest absolute Gasteiger partial charge is 0.254 e. The molecule has 1 amide bonds. The third-order valence-corrected chi connectivity index (χ3v) is 6.17. The van der Waals surface area contributed by atoms with Crippen LogP contribution in [-0.2, 0) is 0 Å². The number of aromatic nitrogens is 2. The van der Waals surface area contributed by atoms with Crippen LogP contribution in [0.4, 0.5) is 0 Å². The number of hydrogen-bond acceptors (Lipinski definition) is 2. The summed E-state index contributed by atoms with van der Waals surface area (Å²) in [7, 11) is 0. The maximum Gasteiger partial charge on any atom is 0.254 e. The number of rotatable bonds is 2. The number of carbonyl (C=O) groups excluding carboxylic acids is 1. The van der Waals surface area contributed by atoms with Gasteiger partial charge in [-0.15, -0.1) is 0 Å². The molecule has 19 heavy (non-hydrogen) atoms. The minimum atomic E-state index is 0.0147. The van der Waals surface area contributed by atoms with Crippen molar-refractivity contribution in [3.05, 3.63) is 17.5 Å². The van der Waals surface area contributed by atoms with Gasteiger partial charge in [0.05, 0.1) is 11.8 Å². The van der Waals surface area contributed by atoms with Gasteiger partial charge in [-0.25, -0.2) is 0 Å². The average Bonchev–Trinajstić information content (AvgIpc) is 2.90. The Hall–Kier alpha value is -1.32. The summed E-state index contributed by atoms with van der Waals surface area (Å²) in [5.74, 6) is 0.758. The van der Waals surface area contributed by atoms with E-state index in [0.29, 0.717) is 17.0 Å². The van der Waals surface area contributed by atoms with E-state index in [-0.39, 0.29) is 11.3 Å². The number of aryl methyl sites for hydroxylation is 1. The van der Waals surface area contributed by atoms with Crippen LogP contribution in [0.5, 0.6) is 0 Å². The van der Waals surface area contributed by atoms with Crippen LogP contribution in [-0.4, -0.2) is 22.1 Å². The summed E-state index contributed by atoms with van der Waals surface area (Å²) in [5.41, 5.74) is 2.07. The third kappa shape index (κ3) is 1.58. The normalized spacial score (nSPS) is 35.6. The Morgan fingerprint density at radius 3 is 2.68 bits per heavy atom. The van der Waals surface area contributed by atoms with Gasteiger partial charge in [0.1, 0.15) is 0 Å². The molecule has 0 spiro atoms. The van der Waals surface area contributed by atoms with Gasteiger partial charge in [0.25, 0.3) is 5.91 Å². The van der Waals surface area contributed by atoms with Crippen LogP contribution < -0.4 is 5.32 Å². The topological polar surface area (TPSA) is 57.8 Å². The summed E-state index contributed by atoms with van der Waals surface area (Å²) in [6.45, 7) is 8.95. The van der Waals surface area contributed by atoms with E-state index in [1.807, 2.05) is 6.92 Å². The van der Waals surface area contributed by atoms with Crippen LogP contribution in [0.3, 0.4) is 0 Å². The predicted octanol–water partition coefficient (Wildman–Crippen LogP) is 2.66. The average molecular weight is 261 g/mol. The van der Waals surface area contributed by atoms with Crippen molar-refractivity contribution in [2.75, 3.05) is 0 Å². The van der Waals surface area contributed by atoms with Gasteiger partial charge >= 0.3 is 0 Å². The maximum atomic E-state index is 12.3. The molecule has 2 N–H and O–H groups in total. The van der Waals surface area contributed by atoms with Crippen molar-refractivity contribution in [1.29, 1.82) is 0 Å². The molecule has 4 heteroatoms. The number of fused-ring (bicyclic) bond motifs is 2. The Kier molecular flexibility index (Phi) is 2.57. The first-order valence-electron chi connectivity index (χ1n) is 7.17. The molecule has 4 nitrogen and oxygen atoms in total. The Morgan fingerprint density at radius 2 is 2.21 bits per heavy atom. The number of amides is 1. The molecule has 2 fully saturated rings. The zero-order chi connectivity index (χ0) is 13.8. The largest absolute Gasteiger partial charge is 0.349 e. The van der Waals surface area contributed by atoms with Crippen molar-refractivity contribution >= 4 is 5.91 Å². The monoisotopic (exact) mass is 261 g/mol. The zero-order valence-corrected chi connectivity index (χ0v) is 12.2. The second-order valence-corrected chi connectivity index (χ2v) is 7.05. The van der Waals surface area contributed by atoms with Crippen molar-refractivity contribution in [1.82, 2.24) is 15.5 Å².